The van der Waals surface area contributed by atoms with Crippen LogP contribution in [-0.4, -0.2) is 64.5 Å². The Bertz CT molecular complexity index is 504. The molecule has 0 saturated carbocycles. The molecule has 6 heteroatoms. The second-order valence-electron chi connectivity index (χ2n) is 6.59. The topological polar surface area (TPSA) is 44.5 Å². The van der Waals surface area contributed by atoms with Crippen molar-refractivity contribution in [3.05, 3.63) is 16.4 Å². The summed E-state index contributed by atoms with van der Waals surface area (Å²) >= 11 is 3.61. The van der Waals surface area contributed by atoms with Crippen molar-refractivity contribution in [1.82, 2.24) is 19.6 Å². The van der Waals surface area contributed by atoms with Crippen molar-refractivity contribution < 1.29 is 5.11 Å². The van der Waals surface area contributed by atoms with Crippen LogP contribution in [0.25, 0.3) is 0 Å². The van der Waals surface area contributed by atoms with Crippen LogP contribution in [0, 0.1) is 0 Å². The zero-order chi connectivity index (χ0) is 15.0. The lowest BCUT2D eigenvalue weighted by atomic mass is 9.86. The lowest BCUT2D eigenvalue weighted by Crippen LogP contribution is -2.46. The molecule has 2 atom stereocenters. The smallest absolute Gasteiger partial charge is 0.124 e. The van der Waals surface area contributed by atoms with Gasteiger partial charge in [0.15, 0.2) is 0 Å². The van der Waals surface area contributed by atoms with Gasteiger partial charge in [-0.25, -0.2) is 0 Å². The Hall–Kier alpha value is -0.430. The molecule has 0 bridgehead atoms. The Morgan fingerprint density at radius 2 is 2.24 bits per heavy atom. The molecule has 2 aliphatic heterocycles. The molecule has 21 heavy (non-hydrogen) atoms. The highest BCUT2D eigenvalue weighted by molar-refractivity contribution is 9.10. The first kappa shape index (κ1) is 15.5. The van der Waals surface area contributed by atoms with Crippen LogP contribution in [0.2, 0.25) is 0 Å². The fourth-order valence-corrected chi connectivity index (χ4v) is 4.45. The fourth-order valence-electron chi connectivity index (χ4n) is 3.81. The number of nitrogens with zero attached hydrogens (tertiary/aromatic N) is 4. The molecule has 0 aromatic carbocycles. The zero-order valence-corrected chi connectivity index (χ0v) is 14.5. The first-order valence-electron chi connectivity index (χ1n) is 7.85. The van der Waals surface area contributed by atoms with Crippen LogP contribution in [0.15, 0.2) is 10.7 Å². The van der Waals surface area contributed by atoms with E-state index < -0.39 is 5.60 Å². The highest BCUT2D eigenvalue weighted by atomic mass is 79.9. The summed E-state index contributed by atoms with van der Waals surface area (Å²) in [6, 6.07) is 0.248. The minimum absolute atomic E-state index is 0.248. The first-order valence-corrected chi connectivity index (χ1v) is 8.64. The minimum Gasteiger partial charge on any atom is -0.382 e. The molecule has 1 aromatic rings. The number of rotatable bonds is 4. The third-order valence-corrected chi connectivity index (χ3v) is 5.49. The lowest BCUT2D eigenvalue weighted by Gasteiger charge is -2.37. The normalized spacial score (nSPS) is 30.0. The van der Waals surface area contributed by atoms with Crippen LogP contribution in [0.1, 0.15) is 31.4 Å². The monoisotopic (exact) mass is 356 g/mol. The van der Waals surface area contributed by atoms with Gasteiger partial charge in [0.1, 0.15) is 5.60 Å². The molecule has 118 valence electrons. The summed E-state index contributed by atoms with van der Waals surface area (Å²) in [5.74, 6) is 0. The SMILES string of the molecule is CN(C)CCn1ncc(Br)c1C1(O)CCN2CCCCC21. The van der Waals surface area contributed by atoms with E-state index in [2.05, 4.69) is 44.9 Å². The molecule has 3 rings (SSSR count). The largest absolute Gasteiger partial charge is 0.382 e. The van der Waals surface area contributed by atoms with E-state index in [1.54, 1.807) is 0 Å². The quantitative estimate of drug-likeness (QED) is 0.890. The molecule has 5 nitrogen and oxygen atoms in total. The molecule has 2 saturated heterocycles. The van der Waals surface area contributed by atoms with Crippen LogP contribution < -0.4 is 0 Å². The summed E-state index contributed by atoms with van der Waals surface area (Å²) in [5, 5.41) is 15.9. The van der Waals surface area contributed by atoms with Crippen molar-refractivity contribution in [2.24, 2.45) is 0 Å². The van der Waals surface area contributed by atoms with E-state index in [1.165, 1.54) is 12.8 Å². The standard InChI is InChI=1S/C15H25BrN4O/c1-18(2)9-10-20-14(12(16)11-17-20)15(21)6-8-19-7-4-3-5-13(15)19/h11,13,21H,3-10H2,1-2H3. The Morgan fingerprint density at radius 1 is 1.43 bits per heavy atom. The Balaban J connectivity index is 1.90. The molecule has 0 aliphatic carbocycles. The number of hydrogen-bond acceptors (Lipinski definition) is 4. The van der Waals surface area contributed by atoms with E-state index >= 15 is 0 Å². The molecule has 2 aliphatic rings. The second kappa shape index (κ2) is 5.99. The van der Waals surface area contributed by atoms with Crippen molar-refractivity contribution in [2.45, 2.75) is 43.9 Å². The van der Waals surface area contributed by atoms with Gasteiger partial charge in [0, 0.05) is 19.1 Å². The molecule has 1 aromatic heterocycles. The van der Waals surface area contributed by atoms with Gasteiger partial charge in [-0.05, 0) is 55.8 Å². The molecule has 0 radical (unpaired) electrons. The van der Waals surface area contributed by atoms with Gasteiger partial charge in [-0.2, -0.15) is 5.10 Å². The van der Waals surface area contributed by atoms with Crippen molar-refractivity contribution in [2.75, 3.05) is 33.7 Å². The van der Waals surface area contributed by atoms with Gasteiger partial charge in [0.25, 0.3) is 0 Å². The van der Waals surface area contributed by atoms with Crippen molar-refractivity contribution in [3.63, 3.8) is 0 Å². The maximum absolute atomic E-state index is 11.4. The summed E-state index contributed by atoms with van der Waals surface area (Å²) in [6.45, 7) is 3.84. The van der Waals surface area contributed by atoms with Crippen LogP contribution in [0.3, 0.4) is 0 Å². The fraction of sp³-hybridized carbons (Fsp3) is 0.800. The summed E-state index contributed by atoms with van der Waals surface area (Å²) in [6.07, 6.45) is 6.20. The Kier molecular flexibility index (Phi) is 4.41. The van der Waals surface area contributed by atoms with E-state index in [4.69, 9.17) is 0 Å². The Labute approximate surface area is 135 Å². The molecule has 3 heterocycles. The van der Waals surface area contributed by atoms with Crippen LogP contribution in [0.4, 0.5) is 0 Å². The van der Waals surface area contributed by atoms with E-state index in [0.29, 0.717) is 0 Å². The summed E-state index contributed by atoms with van der Waals surface area (Å²) < 4.78 is 2.93. The first-order chi connectivity index (χ1) is 10.0. The average Bonchev–Trinajstić information content (AvgIpc) is 2.99. The minimum atomic E-state index is -0.762. The van der Waals surface area contributed by atoms with E-state index in [-0.39, 0.29) is 6.04 Å². The van der Waals surface area contributed by atoms with Gasteiger partial charge in [0.2, 0.25) is 0 Å². The number of halogens is 1. The number of piperidine rings is 1. The van der Waals surface area contributed by atoms with Crippen LogP contribution in [-0.2, 0) is 12.1 Å². The highest BCUT2D eigenvalue weighted by Gasteiger charge is 2.50. The Morgan fingerprint density at radius 3 is 3.00 bits per heavy atom. The predicted molar refractivity (Wildman–Crippen MR) is 86.2 cm³/mol. The van der Waals surface area contributed by atoms with Gasteiger partial charge >= 0.3 is 0 Å². The van der Waals surface area contributed by atoms with E-state index in [0.717, 1.165) is 49.2 Å². The molecule has 2 unspecified atom stereocenters. The third-order valence-electron chi connectivity index (χ3n) is 4.91. The molecular weight excluding hydrogens is 332 g/mol. The lowest BCUT2D eigenvalue weighted by molar-refractivity contribution is -0.0216. The van der Waals surface area contributed by atoms with E-state index in [1.807, 2.05) is 10.9 Å². The summed E-state index contributed by atoms with van der Waals surface area (Å²) in [4.78, 5) is 4.60. The number of aliphatic hydroxyl groups is 1. The maximum atomic E-state index is 11.4. The van der Waals surface area contributed by atoms with Crippen molar-refractivity contribution in [1.29, 1.82) is 0 Å². The van der Waals surface area contributed by atoms with Gasteiger partial charge in [-0.3, -0.25) is 9.58 Å². The van der Waals surface area contributed by atoms with Gasteiger partial charge in [-0.15, -0.1) is 0 Å². The van der Waals surface area contributed by atoms with Gasteiger partial charge in [0.05, 0.1) is 22.9 Å². The highest BCUT2D eigenvalue weighted by Crippen LogP contribution is 2.44. The van der Waals surface area contributed by atoms with Gasteiger partial charge in [-0.1, -0.05) is 6.42 Å². The molecular formula is C15H25BrN4O. The average molecular weight is 357 g/mol. The third kappa shape index (κ3) is 2.79. The zero-order valence-electron chi connectivity index (χ0n) is 12.9. The number of likely N-dealkylation sites (N-methyl/N-ethyl adjacent to an activating group) is 1. The van der Waals surface area contributed by atoms with E-state index in [9.17, 15) is 5.11 Å². The van der Waals surface area contributed by atoms with Crippen LogP contribution >= 0.6 is 15.9 Å². The molecule has 0 spiro atoms. The number of hydrogen-bond donors (Lipinski definition) is 1. The molecule has 0 amide bonds. The molecule has 1 N–H and O–H groups in total. The predicted octanol–water partition coefficient (Wildman–Crippen LogP) is 1.65. The summed E-state index contributed by atoms with van der Waals surface area (Å²) in [5.41, 5.74) is 0.209. The maximum Gasteiger partial charge on any atom is 0.124 e. The van der Waals surface area contributed by atoms with Gasteiger partial charge < -0.3 is 10.0 Å². The second-order valence-corrected chi connectivity index (χ2v) is 7.44. The summed E-state index contributed by atoms with van der Waals surface area (Å²) in [7, 11) is 4.12. The number of fused-ring (bicyclic) bond motifs is 1. The van der Waals surface area contributed by atoms with Crippen molar-refractivity contribution >= 4 is 15.9 Å². The van der Waals surface area contributed by atoms with Crippen LogP contribution in [0.5, 0.6) is 0 Å². The van der Waals surface area contributed by atoms with Crippen molar-refractivity contribution in [3.8, 4) is 0 Å². The number of aromatic nitrogens is 2. The molecule has 2 fully saturated rings.